The molecule has 1 aromatic heterocycles. The molecule has 0 aliphatic heterocycles. The molecule has 32 heavy (non-hydrogen) atoms. The van der Waals surface area contributed by atoms with Crippen LogP contribution in [0.5, 0.6) is 11.5 Å². The molecule has 0 saturated heterocycles. The highest BCUT2D eigenvalue weighted by Crippen LogP contribution is 2.28. The summed E-state index contributed by atoms with van der Waals surface area (Å²) in [7, 11) is 0. The van der Waals surface area contributed by atoms with Gasteiger partial charge in [-0.2, -0.15) is 0 Å². The highest BCUT2D eigenvalue weighted by Gasteiger charge is 2.16. The van der Waals surface area contributed by atoms with Gasteiger partial charge in [0.1, 0.15) is 36.6 Å². The van der Waals surface area contributed by atoms with Crippen molar-refractivity contribution in [3.63, 3.8) is 0 Å². The van der Waals surface area contributed by atoms with Crippen LogP contribution in [0.15, 0.2) is 60.7 Å². The lowest BCUT2D eigenvalue weighted by molar-refractivity contribution is 0.0917. The molecule has 0 aliphatic carbocycles. The molecule has 0 spiro atoms. The molecule has 0 radical (unpaired) electrons. The van der Waals surface area contributed by atoms with Crippen LogP contribution in [0, 0.1) is 13.8 Å². The Hall–Kier alpha value is -2.73. The van der Waals surface area contributed by atoms with Gasteiger partial charge < -0.3 is 19.1 Å². The average Bonchev–Trinajstić information content (AvgIpc) is 3.11. The number of fused-ring (bicyclic) bond motifs is 1. The van der Waals surface area contributed by atoms with Crippen molar-refractivity contribution in [1.29, 1.82) is 0 Å². The first-order valence-electron chi connectivity index (χ1n) is 10.3. The fourth-order valence-electron chi connectivity index (χ4n) is 3.43. The molecule has 1 heterocycles. The van der Waals surface area contributed by atoms with Gasteiger partial charge in [-0.05, 0) is 67.4 Å². The first-order valence-corrected chi connectivity index (χ1v) is 11.1. The van der Waals surface area contributed by atoms with Crippen molar-refractivity contribution in [3.05, 3.63) is 87.7 Å². The first-order chi connectivity index (χ1) is 15.4. The summed E-state index contributed by atoms with van der Waals surface area (Å²) < 4.78 is 13.7. The van der Waals surface area contributed by atoms with Crippen LogP contribution in [0.4, 0.5) is 0 Å². The van der Waals surface area contributed by atoms with Gasteiger partial charge in [0.25, 0.3) is 0 Å². The number of imidazole rings is 1. The molecular formula is C25H24Cl2N2O3. The minimum Gasteiger partial charge on any atom is -0.491 e. The number of rotatable bonds is 8. The zero-order chi connectivity index (χ0) is 22.7. The predicted octanol–water partition coefficient (Wildman–Crippen LogP) is 5.98. The lowest BCUT2D eigenvalue weighted by Crippen LogP contribution is -2.25. The molecule has 166 valence electrons. The van der Waals surface area contributed by atoms with Crippen molar-refractivity contribution >= 4 is 34.2 Å². The van der Waals surface area contributed by atoms with Crippen LogP contribution in [0.1, 0.15) is 17.0 Å². The second-order valence-corrected chi connectivity index (χ2v) is 8.55. The Morgan fingerprint density at radius 3 is 2.56 bits per heavy atom. The van der Waals surface area contributed by atoms with Gasteiger partial charge in [-0.3, -0.25) is 0 Å². The van der Waals surface area contributed by atoms with E-state index in [0.29, 0.717) is 28.2 Å². The van der Waals surface area contributed by atoms with Gasteiger partial charge in [-0.15, -0.1) is 0 Å². The number of aromatic nitrogens is 2. The van der Waals surface area contributed by atoms with Gasteiger partial charge in [0.15, 0.2) is 0 Å². The summed E-state index contributed by atoms with van der Waals surface area (Å²) >= 11 is 12.2. The van der Waals surface area contributed by atoms with E-state index in [4.69, 9.17) is 32.7 Å². The van der Waals surface area contributed by atoms with E-state index in [1.807, 2.05) is 54.0 Å². The van der Waals surface area contributed by atoms with Gasteiger partial charge in [0.2, 0.25) is 0 Å². The molecule has 4 rings (SSSR count). The highest BCUT2D eigenvalue weighted by molar-refractivity contribution is 6.35. The van der Waals surface area contributed by atoms with E-state index in [1.165, 1.54) is 5.56 Å². The summed E-state index contributed by atoms with van der Waals surface area (Å²) in [5.41, 5.74) is 4.10. The van der Waals surface area contributed by atoms with Gasteiger partial charge in [-0.25, -0.2) is 4.98 Å². The molecular weight excluding hydrogens is 447 g/mol. The number of aryl methyl sites for hydroxylation is 2. The Morgan fingerprint density at radius 1 is 0.969 bits per heavy atom. The highest BCUT2D eigenvalue weighted by atomic mass is 35.5. The van der Waals surface area contributed by atoms with E-state index in [0.717, 1.165) is 22.3 Å². The zero-order valence-electron chi connectivity index (χ0n) is 17.9. The zero-order valence-corrected chi connectivity index (χ0v) is 19.4. The number of ether oxygens (including phenoxy) is 2. The largest absolute Gasteiger partial charge is 0.491 e. The number of hydrogen-bond donors (Lipinski definition) is 1. The van der Waals surface area contributed by atoms with E-state index in [1.54, 1.807) is 18.2 Å². The number of nitrogens with zero attached hydrogens (tertiary/aromatic N) is 2. The van der Waals surface area contributed by atoms with Crippen LogP contribution in [-0.4, -0.2) is 27.4 Å². The van der Waals surface area contributed by atoms with Gasteiger partial charge >= 0.3 is 0 Å². The van der Waals surface area contributed by atoms with Crippen molar-refractivity contribution in [2.45, 2.75) is 33.1 Å². The maximum atomic E-state index is 10.7. The van der Waals surface area contributed by atoms with Crippen LogP contribution < -0.4 is 9.47 Å². The summed E-state index contributed by atoms with van der Waals surface area (Å²) in [5, 5.41) is 11.7. The number of benzene rings is 3. The number of halogens is 2. The molecule has 0 amide bonds. The maximum Gasteiger partial charge on any atom is 0.148 e. The SMILES string of the molecule is Cc1ccc(OCC(O)Cn2c(COc3ccc(Cl)cc3Cl)nc3ccccc32)cc1C. The van der Waals surface area contributed by atoms with E-state index >= 15 is 0 Å². The second kappa shape index (κ2) is 9.82. The van der Waals surface area contributed by atoms with E-state index in [9.17, 15) is 5.11 Å². The average molecular weight is 471 g/mol. The molecule has 4 aromatic rings. The predicted molar refractivity (Wildman–Crippen MR) is 128 cm³/mol. The first kappa shape index (κ1) is 22.5. The van der Waals surface area contributed by atoms with E-state index in [2.05, 4.69) is 11.9 Å². The molecule has 7 heteroatoms. The maximum absolute atomic E-state index is 10.7. The van der Waals surface area contributed by atoms with Crippen molar-refractivity contribution < 1.29 is 14.6 Å². The quantitative estimate of drug-likeness (QED) is 0.344. The third-order valence-electron chi connectivity index (χ3n) is 5.30. The summed E-state index contributed by atoms with van der Waals surface area (Å²) in [5.74, 6) is 1.94. The monoisotopic (exact) mass is 470 g/mol. The molecule has 1 atom stereocenters. The van der Waals surface area contributed by atoms with Crippen LogP contribution >= 0.6 is 23.2 Å². The molecule has 0 bridgehead atoms. The third kappa shape index (κ3) is 5.18. The summed E-state index contributed by atoms with van der Waals surface area (Å²) in [4.78, 5) is 4.68. The van der Waals surface area contributed by atoms with Crippen LogP contribution in [-0.2, 0) is 13.2 Å². The summed E-state index contributed by atoms with van der Waals surface area (Å²) in [6.07, 6.45) is -0.730. The molecule has 1 N–H and O–H groups in total. The van der Waals surface area contributed by atoms with Crippen molar-refractivity contribution in [1.82, 2.24) is 9.55 Å². The molecule has 5 nitrogen and oxygen atoms in total. The summed E-state index contributed by atoms with van der Waals surface area (Å²) in [6, 6.07) is 18.8. The van der Waals surface area contributed by atoms with Crippen molar-refractivity contribution in [2.24, 2.45) is 0 Å². The Kier molecular flexibility index (Phi) is 6.89. The molecule has 1 unspecified atom stereocenters. The lowest BCUT2D eigenvalue weighted by atomic mass is 10.1. The number of aliphatic hydroxyl groups excluding tert-OH is 1. The third-order valence-corrected chi connectivity index (χ3v) is 5.83. The Morgan fingerprint density at radius 2 is 1.78 bits per heavy atom. The standard InChI is InChI=1S/C25H24Cl2N2O3/c1-16-7-9-20(11-17(16)2)31-14-19(30)13-29-23-6-4-3-5-22(23)28-25(29)15-32-24-10-8-18(26)12-21(24)27/h3-12,19,30H,13-15H2,1-2H3. The van der Waals surface area contributed by atoms with E-state index < -0.39 is 6.10 Å². The van der Waals surface area contributed by atoms with Crippen LogP contribution in [0.25, 0.3) is 11.0 Å². The Bertz CT molecular complexity index is 1240. The lowest BCUT2D eigenvalue weighted by Gasteiger charge is -2.16. The van der Waals surface area contributed by atoms with Gasteiger partial charge in [0.05, 0.1) is 22.6 Å². The molecule has 0 fully saturated rings. The fourth-order valence-corrected chi connectivity index (χ4v) is 3.90. The van der Waals surface area contributed by atoms with Crippen molar-refractivity contribution in [3.8, 4) is 11.5 Å². The summed E-state index contributed by atoms with van der Waals surface area (Å²) in [6.45, 7) is 4.77. The minimum absolute atomic E-state index is 0.165. The molecule has 0 saturated carbocycles. The fraction of sp³-hybridized carbons (Fsp3) is 0.240. The van der Waals surface area contributed by atoms with Crippen LogP contribution in [0.3, 0.4) is 0 Å². The Balaban J connectivity index is 1.49. The second-order valence-electron chi connectivity index (χ2n) is 7.70. The topological polar surface area (TPSA) is 56.5 Å². The Labute approximate surface area is 197 Å². The van der Waals surface area contributed by atoms with Gasteiger partial charge in [0, 0.05) is 5.02 Å². The number of hydrogen-bond acceptors (Lipinski definition) is 4. The van der Waals surface area contributed by atoms with Crippen LogP contribution in [0.2, 0.25) is 10.0 Å². The number of aliphatic hydroxyl groups is 1. The van der Waals surface area contributed by atoms with E-state index in [-0.39, 0.29) is 13.2 Å². The smallest absolute Gasteiger partial charge is 0.148 e. The number of para-hydroxylation sites is 2. The molecule has 3 aromatic carbocycles. The van der Waals surface area contributed by atoms with Gasteiger partial charge in [-0.1, -0.05) is 41.4 Å². The normalized spacial score (nSPS) is 12.2. The van der Waals surface area contributed by atoms with Crippen molar-refractivity contribution in [2.75, 3.05) is 6.61 Å². The minimum atomic E-state index is -0.730. The molecule has 0 aliphatic rings.